The minimum atomic E-state index is -4.37. The van der Waals surface area contributed by atoms with Crippen LogP contribution >= 0.6 is 23.4 Å². The van der Waals surface area contributed by atoms with Crippen LogP contribution < -0.4 is 4.18 Å². The molecule has 0 bridgehead atoms. The Bertz CT molecular complexity index is 784. The van der Waals surface area contributed by atoms with Crippen molar-refractivity contribution in [3.05, 3.63) is 40.8 Å². The summed E-state index contributed by atoms with van der Waals surface area (Å²) in [5.74, 6) is -1.23. The summed E-state index contributed by atoms with van der Waals surface area (Å²) in [6.45, 7) is 1.67. The number of hydrogen-bond acceptors (Lipinski definition) is 6. The molecule has 1 heterocycles. The standard InChI is InChI=1S/C12H10ClFN2O3S2/c1-7-6-10(16-12(15-7)20-2)19-21(17,18)9-5-3-4-8(13)11(9)14/h3-6H,1-2H3. The zero-order valence-corrected chi connectivity index (χ0v) is 13.4. The molecule has 0 fully saturated rings. The third-order valence-corrected chi connectivity index (χ3v) is 4.46. The van der Waals surface area contributed by atoms with E-state index in [0.717, 1.165) is 6.07 Å². The molecule has 1 aromatic carbocycles. The zero-order chi connectivity index (χ0) is 15.6. The Hall–Kier alpha value is -1.38. The lowest BCUT2D eigenvalue weighted by molar-refractivity contribution is 0.463. The number of nitrogens with zero attached hydrogens (tertiary/aromatic N) is 2. The molecule has 5 nitrogen and oxygen atoms in total. The highest BCUT2D eigenvalue weighted by Gasteiger charge is 2.24. The first-order valence-corrected chi connectivity index (χ1v) is 8.63. The van der Waals surface area contributed by atoms with Gasteiger partial charge in [0.15, 0.2) is 11.0 Å². The fourth-order valence-corrected chi connectivity index (χ4v) is 3.10. The Morgan fingerprint density at radius 3 is 2.71 bits per heavy atom. The van der Waals surface area contributed by atoms with Gasteiger partial charge in [0.05, 0.1) is 5.02 Å². The Morgan fingerprint density at radius 1 is 1.33 bits per heavy atom. The summed E-state index contributed by atoms with van der Waals surface area (Å²) in [5.41, 5.74) is 0.533. The third-order valence-electron chi connectivity index (χ3n) is 2.37. The van der Waals surface area contributed by atoms with Gasteiger partial charge in [-0.05, 0) is 25.3 Å². The molecule has 0 aliphatic heterocycles. The van der Waals surface area contributed by atoms with Gasteiger partial charge in [-0.15, -0.1) is 0 Å². The molecule has 1 aromatic heterocycles. The van der Waals surface area contributed by atoms with Crippen molar-refractivity contribution in [3.63, 3.8) is 0 Å². The quantitative estimate of drug-likeness (QED) is 0.480. The maximum Gasteiger partial charge on any atom is 0.343 e. The summed E-state index contributed by atoms with van der Waals surface area (Å²) in [6.07, 6.45) is 1.74. The Kier molecular flexibility index (Phi) is 4.70. The highest BCUT2D eigenvalue weighted by molar-refractivity contribution is 7.98. The SMILES string of the molecule is CSc1nc(C)cc(OS(=O)(=O)c2cccc(Cl)c2F)n1. The molecule has 0 amide bonds. The average molecular weight is 349 g/mol. The minimum Gasteiger partial charge on any atom is -0.358 e. The van der Waals surface area contributed by atoms with Crippen LogP contribution in [0.25, 0.3) is 0 Å². The highest BCUT2D eigenvalue weighted by atomic mass is 35.5. The van der Waals surface area contributed by atoms with Crippen LogP contribution in [0, 0.1) is 12.7 Å². The summed E-state index contributed by atoms with van der Waals surface area (Å²) < 4.78 is 42.8. The molecule has 0 N–H and O–H groups in total. The van der Waals surface area contributed by atoms with E-state index in [2.05, 4.69) is 9.97 Å². The predicted octanol–water partition coefficient (Wildman–Crippen LogP) is 3.07. The van der Waals surface area contributed by atoms with E-state index >= 15 is 0 Å². The minimum absolute atomic E-state index is 0.175. The van der Waals surface area contributed by atoms with Crippen molar-refractivity contribution in [1.82, 2.24) is 9.97 Å². The van der Waals surface area contributed by atoms with Crippen LogP contribution in [0.1, 0.15) is 5.69 Å². The van der Waals surface area contributed by atoms with Crippen molar-refractivity contribution in [2.75, 3.05) is 6.26 Å². The van der Waals surface area contributed by atoms with E-state index in [0.29, 0.717) is 10.9 Å². The molecule has 112 valence electrons. The van der Waals surface area contributed by atoms with E-state index in [-0.39, 0.29) is 10.9 Å². The Balaban J connectivity index is 2.42. The van der Waals surface area contributed by atoms with Gasteiger partial charge in [-0.3, -0.25) is 0 Å². The van der Waals surface area contributed by atoms with Crippen LogP contribution in [0.3, 0.4) is 0 Å². The maximum atomic E-state index is 13.8. The number of benzene rings is 1. The third kappa shape index (κ3) is 3.63. The fraction of sp³-hybridized carbons (Fsp3) is 0.167. The molecule has 0 atom stereocenters. The summed E-state index contributed by atoms with van der Waals surface area (Å²) in [6, 6.07) is 4.98. The van der Waals surface area contributed by atoms with Gasteiger partial charge in [0.25, 0.3) is 0 Å². The van der Waals surface area contributed by atoms with Crippen molar-refractivity contribution in [2.24, 2.45) is 0 Å². The van der Waals surface area contributed by atoms with Gasteiger partial charge in [0.2, 0.25) is 5.88 Å². The van der Waals surface area contributed by atoms with Crippen molar-refractivity contribution in [2.45, 2.75) is 17.0 Å². The zero-order valence-electron chi connectivity index (χ0n) is 11.0. The lowest BCUT2D eigenvalue weighted by atomic mass is 10.3. The molecule has 0 unspecified atom stereocenters. The summed E-state index contributed by atoms with van der Waals surface area (Å²) in [7, 11) is -4.37. The van der Waals surface area contributed by atoms with Crippen LogP contribution in [0.4, 0.5) is 4.39 Å². The second-order valence-corrected chi connectivity index (χ2v) is 6.62. The average Bonchev–Trinajstić information content (AvgIpc) is 2.40. The summed E-state index contributed by atoms with van der Waals surface area (Å²) >= 11 is 6.80. The second-order valence-electron chi connectivity index (χ2n) is 3.92. The van der Waals surface area contributed by atoms with Gasteiger partial charge in [-0.25, -0.2) is 9.37 Å². The van der Waals surface area contributed by atoms with Crippen molar-refractivity contribution >= 4 is 33.5 Å². The van der Waals surface area contributed by atoms with Gasteiger partial charge in [0, 0.05) is 11.8 Å². The molecule has 0 saturated carbocycles. The number of aromatic nitrogens is 2. The number of thioether (sulfide) groups is 1. The van der Waals surface area contributed by atoms with E-state index in [1.165, 1.54) is 30.0 Å². The van der Waals surface area contributed by atoms with Gasteiger partial charge >= 0.3 is 10.1 Å². The lowest BCUT2D eigenvalue weighted by Gasteiger charge is -2.08. The smallest absolute Gasteiger partial charge is 0.343 e. The Morgan fingerprint density at radius 2 is 2.05 bits per heavy atom. The predicted molar refractivity (Wildman–Crippen MR) is 77.8 cm³/mol. The lowest BCUT2D eigenvalue weighted by Crippen LogP contribution is -2.13. The van der Waals surface area contributed by atoms with Crippen molar-refractivity contribution < 1.29 is 17.0 Å². The maximum absolute atomic E-state index is 13.8. The summed E-state index contributed by atoms with van der Waals surface area (Å²) in [5, 5.41) is 0.0510. The number of aryl methyl sites for hydroxylation is 1. The van der Waals surface area contributed by atoms with E-state index in [4.69, 9.17) is 15.8 Å². The molecule has 2 rings (SSSR count). The fourth-order valence-electron chi connectivity index (χ4n) is 1.48. The largest absolute Gasteiger partial charge is 0.358 e. The first-order chi connectivity index (χ1) is 9.83. The molecule has 9 heteroatoms. The van der Waals surface area contributed by atoms with Crippen LogP contribution in [-0.2, 0) is 10.1 Å². The molecule has 0 saturated heterocycles. The highest BCUT2D eigenvalue weighted by Crippen LogP contribution is 2.25. The van der Waals surface area contributed by atoms with Crippen molar-refractivity contribution in [1.29, 1.82) is 0 Å². The molecule has 0 aliphatic carbocycles. The first kappa shape index (κ1) is 16.0. The van der Waals surface area contributed by atoms with Crippen molar-refractivity contribution in [3.8, 4) is 5.88 Å². The van der Waals surface area contributed by atoms with Gasteiger partial charge < -0.3 is 4.18 Å². The number of hydrogen-bond donors (Lipinski definition) is 0. The molecule has 2 aromatic rings. The number of halogens is 2. The van der Waals surface area contributed by atoms with Gasteiger partial charge in [-0.1, -0.05) is 29.4 Å². The molecular formula is C12H10ClFN2O3S2. The monoisotopic (exact) mass is 348 g/mol. The van der Waals surface area contributed by atoms with Crippen LogP contribution in [0.2, 0.25) is 5.02 Å². The second kappa shape index (κ2) is 6.17. The van der Waals surface area contributed by atoms with E-state index < -0.39 is 20.8 Å². The topological polar surface area (TPSA) is 69.2 Å². The molecule has 0 aliphatic rings. The van der Waals surface area contributed by atoms with Crippen LogP contribution in [0.15, 0.2) is 34.3 Å². The Labute approximate surface area is 130 Å². The van der Waals surface area contributed by atoms with E-state index in [1.54, 1.807) is 13.2 Å². The van der Waals surface area contributed by atoms with Crippen LogP contribution in [-0.4, -0.2) is 24.6 Å². The van der Waals surface area contributed by atoms with Gasteiger partial charge in [-0.2, -0.15) is 13.4 Å². The van der Waals surface area contributed by atoms with E-state index in [1.807, 2.05) is 0 Å². The molecule has 0 spiro atoms. The van der Waals surface area contributed by atoms with Gasteiger partial charge in [0.1, 0.15) is 4.90 Å². The molecule has 0 radical (unpaired) electrons. The van der Waals surface area contributed by atoms with Crippen LogP contribution in [0.5, 0.6) is 5.88 Å². The number of rotatable bonds is 4. The molecular weight excluding hydrogens is 339 g/mol. The molecule has 21 heavy (non-hydrogen) atoms. The summed E-state index contributed by atoms with van der Waals surface area (Å²) in [4.78, 5) is 7.34. The normalized spacial score (nSPS) is 11.4. The first-order valence-electron chi connectivity index (χ1n) is 5.61. The van der Waals surface area contributed by atoms with E-state index in [9.17, 15) is 12.8 Å².